The zero-order valence-electron chi connectivity index (χ0n) is 20.1. The van der Waals surface area contributed by atoms with Gasteiger partial charge in [-0.3, -0.25) is 4.79 Å². The van der Waals surface area contributed by atoms with Gasteiger partial charge in [0.25, 0.3) is 5.91 Å². The molecule has 37 heavy (non-hydrogen) atoms. The Bertz CT molecular complexity index is 1460. The standard InChI is InChI=1S/C28H25FN4O4/c1-37-26-5-3-2-4-22(26)27(35)31-20-12-13-21(25(34)14-20)23-15-24(18-8-9-18)33(32-23)28(36)30-16-17-6-10-19(29)11-7-17/h2-7,10-15,18,34H,8-9,16H2,1H3,(H,30,36)(H,31,35). The lowest BCUT2D eigenvalue weighted by molar-refractivity contribution is 0.102. The minimum atomic E-state index is -0.405. The van der Waals surface area contributed by atoms with Crippen LogP contribution in [0.1, 0.15) is 40.4 Å². The molecule has 0 aliphatic heterocycles. The van der Waals surface area contributed by atoms with Gasteiger partial charge < -0.3 is 20.5 Å². The lowest BCUT2D eigenvalue weighted by Crippen LogP contribution is -2.30. The summed E-state index contributed by atoms with van der Waals surface area (Å²) < 4.78 is 19.7. The van der Waals surface area contributed by atoms with Crippen molar-refractivity contribution in [3.8, 4) is 22.8 Å². The third-order valence-corrected chi connectivity index (χ3v) is 6.17. The number of aromatic hydroxyl groups is 1. The quantitative estimate of drug-likeness (QED) is 0.320. The molecule has 1 aliphatic rings. The second kappa shape index (κ2) is 10.1. The minimum Gasteiger partial charge on any atom is -0.507 e. The fourth-order valence-electron chi connectivity index (χ4n) is 4.07. The number of hydrogen-bond acceptors (Lipinski definition) is 5. The number of phenolic OH excluding ortho intramolecular Hbond substituents is 1. The zero-order valence-corrected chi connectivity index (χ0v) is 20.1. The highest BCUT2D eigenvalue weighted by Gasteiger charge is 2.30. The molecule has 3 aromatic carbocycles. The van der Waals surface area contributed by atoms with Crippen LogP contribution in [0.5, 0.6) is 11.5 Å². The SMILES string of the molecule is COc1ccccc1C(=O)Nc1ccc(-c2cc(C3CC3)n(C(=O)NCc3ccc(F)cc3)n2)c(O)c1. The number of aromatic nitrogens is 2. The molecule has 2 amide bonds. The van der Waals surface area contributed by atoms with Gasteiger partial charge in [0.2, 0.25) is 0 Å². The smallest absolute Gasteiger partial charge is 0.342 e. The van der Waals surface area contributed by atoms with Crippen molar-refractivity contribution in [2.75, 3.05) is 12.4 Å². The van der Waals surface area contributed by atoms with Gasteiger partial charge in [-0.25, -0.2) is 9.18 Å². The molecule has 1 aliphatic carbocycles. The summed E-state index contributed by atoms with van der Waals surface area (Å²) in [7, 11) is 1.49. The Kier molecular flexibility index (Phi) is 6.59. The van der Waals surface area contributed by atoms with Crippen molar-refractivity contribution in [1.29, 1.82) is 0 Å². The van der Waals surface area contributed by atoms with Crippen molar-refractivity contribution < 1.29 is 23.8 Å². The molecular formula is C28H25FN4O4. The van der Waals surface area contributed by atoms with Crippen LogP contribution in [0.3, 0.4) is 0 Å². The van der Waals surface area contributed by atoms with Crippen molar-refractivity contribution in [3.63, 3.8) is 0 Å². The molecule has 1 saturated carbocycles. The van der Waals surface area contributed by atoms with E-state index in [9.17, 15) is 19.1 Å². The predicted molar refractivity (Wildman–Crippen MR) is 136 cm³/mol. The number of ether oxygens (including phenoxy) is 1. The van der Waals surface area contributed by atoms with E-state index in [2.05, 4.69) is 15.7 Å². The third-order valence-electron chi connectivity index (χ3n) is 6.17. The van der Waals surface area contributed by atoms with E-state index in [4.69, 9.17) is 4.74 Å². The molecule has 188 valence electrons. The number of anilines is 1. The summed E-state index contributed by atoms with van der Waals surface area (Å²) in [5, 5.41) is 20.8. The number of methoxy groups -OCH3 is 1. The number of para-hydroxylation sites is 1. The molecule has 0 radical (unpaired) electrons. The van der Waals surface area contributed by atoms with Crippen LogP contribution in [-0.4, -0.2) is 33.9 Å². The van der Waals surface area contributed by atoms with E-state index in [1.807, 2.05) is 0 Å². The van der Waals surface area contributed by atoms with Crippen LogP contribution in [0.25, 0.3) is 11.3 Å². The van der Waals surface area contributed by atoms with Gasteiger partial charge in [-0.15, -0.1) is 0 Å². The summed E-state index contributed by atoms with van der Waals surface area (Å²) in [6.45, 7) is 0.226. The van der Waals surface area contributed by atoms with Gasteiger partial charge in [-0.1, -0.05) is 24.3 Å². The molecule has 0 bridgehead atoms. The Labute approximate surface area is 212 Å². The first-order valence-corrected chi connectivity index (χ1v) is 11.8. The average molecular weight is 501 g/mol. The number of carbonyl (C=O) groups excluding carboxylic acids is 2. The van der Waals surface area contributed by atoms with E-state index in [1.54, 1.807) is 54.6 Å². The number of rotatable bonds is 7. The van der Waals surface area contributed by atoms with E-state index < -0.39 is 6.03 Å². The molecule has 0 atom stereocenters. The van der Waals surface area contributed by atoms with Gasteiger partial charge in [0, 0.05) is 29.8 Å². The Morgan fingerprint density at radius 2 is 1.84 bits per heavy atom. The summed E-state index contributed by atoms with van der Waals surface area (Å²) in [6.07, 6.45) is 1.91. The highest BCUT2D eigenvalue weighted by Crippen LogP contribution is 2.42. The summed E-state index contributed by atoms with van der Waals surface area (Å²) in [6, 6.07) is 18.9. The topological polar surface area (TPSA) is 105 Å². The monoisotopic (exact) mass is 500 g/mol. The number of amides is 2. The highest BCUT2D eigenvalue weighted by molar-refractivity contribution is 6.06. The van der Waals surface area contributed by atoms with E-state index in [1.165, 1.54) is 30.0 Å². The third kappa shape index (κ3) is 5.30. The van der Waals surface area contributed by atoms with Crippen LogP contribution in [0, 0.1) is 5.82 Å². The van der Waals surface area contributed by atoms with E-state index >= 15 is 0 Å². The minimum absolute atomic E-state index is 0.0865. The fraction of sp³-hybridized carbons (Fsp3) is 0.179. The van der Waals surface area contributed by atoms with Gasteiger partial charge in [-0.2, -0.15) is 9.78 Å². The summed E-state index contributed by atoms with van der Waals surface area (Å²) in [4.78, 5) is 25.6. The molecular weight excluding hydrogens is 475 g/mol. The largest absolute Gasteiger partial charge is 0.507 e. The second-order valence-electron chi connectivity index (χ2n) is 8.81. The number of nitrogens with zero attached hydrogens (tertiary/aromatic N) is 2. The number of benzene rings is 3. The maximum absolute atomic E-state index is 13.1. The molecule has 1 fully saturated rings. The first-order valence-electron chi connectivity index (χ1n) is 11.8. The van der Waals surface area contributed by atoms with Gasteiger partial charge in [0.1, 0.15) is 17.3 Å². The molecule has 0 unspecified atom stereocenters. The molecule has 9 heteroatoms. The number of carbonyl (C=O) groups is 2. The zero-order chi connectivity index (χ0) is 25.9. The Balaban J connectivity index is 1.34. The molecule has 0 saturated heterocycles. The van der Waals surface area contributed by atoms with Crippen LogP contribution < -0.4 is 15.4 Å². The van der Waals surface area contributed by atoms with Crippen LogP contribution >= 0.6 is 0 Å². The van der Waals surface area contributed by atoms with E-state index in [0.717, 1.165) is 24.1 Å². The molecule has 4 aromatic rings. The first kappa shape index (κ1) is 24.1. The fourth-order valence-corrected chi connectivity index (χ4v) is 4.07. The molecule has 1 heterocycles. The summed E-state index contributed by atoms with van der Waals surface area (Å²) >= 11 is 0. The summed E-state index contributed by atoms with van der Waals surface area (Å²) in [5.41, 5.74) is 3.17. The van der Waals surface area contributed by atoms with E-state index in [0.29, 0.717) is 28.3 Å². The maximum Gasteiger partial charge on any atom is 0.342 e. The van der Waals surface area contributed by atoms with Crippen LogP contribution in [0.2, 0.25) is 0 Å². The van der Waals surface area contributed by atoms with Crippen LogP contribution in [0.15, 0.2) is 72.8 Å². The lowest BCUT2D eigenvalue weighted by atomic mass is 10.1. The molecule has 5 rings (SSSR count). The van der Waals surface area contributed by atoms with Crippen molar-refractivity contribution in [3.05, 3.63) is 95.4 Å². The van der Waals surface area contributed by atoms with Crippen LogP contribution in [0.4, 0.5) is 14.9 Å². The van der Waals surface area contributed by atoms with E-state index in [-0.39, 0.29) is 29.9 Å². The van der Waals surface area contributed by atoms with Crippen LogP contribution in [-0.2, 0) is 6.54 Å². The van der Waals surface area contributed by atoms with Gasteiger partial charge in [0.15, 0.2) is 0 Å². The summed E-state index contributed by atoms with van der Waals surface area (Å²) in [5.74, 6) is -0.136. The molecule has 0 spiro atoms. The normalized spacial score (nSPS) is 12.7. The van der Waals surface area contributed by atoms with Crippen molar-refractivity contribution in [2.24, 2.45) is 0 Å². The Hall–Kier alpha value is -4.66. The van der Waals surface area contributed by atoms with Gasteiger partial charge >= 0.3 is 6.03 Å². The first-order chi connectivity index (χ1) is 17.9. The molecule has 3 N–H and O–H groups in total. The molecule has 8 nitrogen and oxygen atoms in total. The lowest BCUT2D eigenvalue weighted by Gasteiger charge is -2.10. The number of nitrogens with one attached hydrogen (secondary N) is 2. The Morgan fingerprint density at radius 1 is 1.08 bits per heavy atom. The number of phenols is 1. The van der Waals surface area contributed by atoms with Crippen molar-refractivity contribution in [1.82, 2.24) is 15.1 Å². The average Bonchev–Trinajstić information content (AvgIpc) is 3.66. The predicted octanol–water partition coefficient (Wildman–Crippen LogP) is 5.29. The van der Waals surface area contributed by atoms with Gasteiger partial charge in [-0.05, 0) is 60.9 Å². The van der Waals surface area contributed by atoms with Gasteiger partial charge in [0.05, 0.1) is 24.1 Å². The number of hydrogen-bond donors (Lipinski definition) is 3. The number of halogens is 1. The highest BCUT2D eigenvalue weighted by atomic mass is 19.1. The Morgan fingerprint density at radius 3 is 2.54 bits per heavy atom. The van der Waals surface area contributed by atoms with Crippen molar-refractivity contribution in [2.45, 2.75) is 25.3 Å². The van der Waals surface area contributed by atoms with Crippen molar-refractivity contribution >= 4 is 17.6 Å². The maximum atomic E-state index is 13.1. The second-order valence-corrected chi connectivity index (χ2v) is 8.81. The molecule has 1 aromatic heterocycles.